The van der Waals surface area contributed by atoms with Crippen LogP contribution in [0.15, 0.2) is 75.3 Å². The van der Waals surface area contributed by atoms with Crippen molar-refractivity contribution >= 4 is 29.1 Å². The van der Waals surface area contributed by atoms with Crippen LogP contribution in [0.25, 0.3) is 0 Å². The minimum atomic E-state index is -0.285. The maximum absolute atomic E-state index is 6.35. The van der Waals surface area contributed by atoms with Crippen LogP contribution in [0, 0.1) is 0 Å². The van der Waals surface area contributed by atoms with Crippen LogP contribution in [0.1, 0.15) is 35.6 Å². The fourth-order valence-corrected chi connectivity index (χ4v) is 4.23. The minimum Gasteiger partial charge on any atom is -0.464 e. The Morgan fingerprint density at radius 2 is 2.00 bits per heavy atom. The molecule has 4 nitrogen and oxygen atoms in total. The van der Waals surface area contributed by atoms with Crippen molar-refractivity contribution in [1.29, 1.82) is 0 Å². The van der Waals surface area contributed by atoms with Gasteiger partial charge in [0, 0.05) is 27.5 Å². The average Bonchev–Trinajstić information content (AvgIpc) is 3.37. The Morgan fingerprint density at radius 3 is 2.74 bits per heavy atom. The van der Waals surface area contributed by atoms with Crippen LogP contribution < -0.4 is 4.74 Å². The number of halogens is 1. The van der Waals surface area contributed by atoms with Crippen molar-refractivity contribution in [3.8, 4) is 5.75 Å². The van der Waals surface area contributed by atoms with Crippen LogP contribution >= 0.6 is 23.4 Å². The van der Waals surface area contributed by atoms with Gasteiger partial charge in [-0.25, -0.2) is 5.01 Å². The highest BCUT2D eigenvalue weighted by atomic mass is 35.5. The summed E-state index contributed by atoms with van der Waals surface area (Å²) in [5.41, 5.74) is 3.06. The molecule has 0 unspecified atom stereocenters. The molecule has 0 radical (unpaired) electrons. The minimum absolute atomic E-state index is 0.0674. The predicted molar refractivity (Wildman–Crippen MR) is 107 cm³/mol. The second-order valence-corrected chi connectivity index (χ2v) is 7.87. The molecule has 1 aromatic heterocycles. The number of rotatable bonds is 3. The van der Waals surface area contributed by atoms with Gasteiger partial charge in [-0.05, 0) is 48.7 Å². The van der Waals surface area contributed by atoms with E-state index in [4.69, 9.17) is 25.9 Å². The second-order valence-electron chi connectivity index (χ2n) is 6.55. The van der Waals surface area contributed by atoms with Gasteiger partial charge in [-0.1, -0.05) is 23.7 Å². The van der Waals surface area contributed by atoms with Gasteiger partial charge >= 0.3 is 0 Å². The summed E-state index contributed by atoms with van der Waals surface area (Å²) >= 11 is 7.98. The lowest BCUT2D eigenvalue weighted by molar-refractivity contribution is -0.0190. The molecule has 0 saturated carbocycles. The van der Waals surface area contributed by atoms with Gasteiger partial charge in [0.1, 0.15) is 17.2 Å². The summed E-state index contributed by atoms with van der Waals surface area (Å²) in [6.45, 7) is 0. The molecule has 3 heterocycles. The van der Waals surface area contributed by atoms with Gasteiger partial charge in [-0.2, -0.15) is 5.10 Å². The molecule has 0 spiro atoms. The molecule has 0 N–H and O–H groups in total. The average molecular weight is 397 g/mol. The third kappa shape index (κ3) is 2.91. The van der Waals surface area contributed by atoms with E-state index in [-0.39, 0.29) is 12.3 Å². The summed E-state index contributed by atoms with van der Waals surface area (Å²) in [7, 11) is 0. The van der Waals surface area contributed by atoms with Gasteiger partial charge in [0.25, 0.3) is 0 Å². The van der Waals surface area contributed by atoms with E-state index < -0.39 is 0 Å². The maximum atomic E-state index is 6.35. The normalized spacial score (nSPS) is 20.7. The van der Waals surface area contributed by atoms with E-state index >= 15 is 0 Å². The number of fused-ring (bicyclic) bond motifs is 3. The summed E-state index contributed by atoms with van der Waals surface area (Å²) in [4.78, 5) is 1.22. The monoisotopic (exact) mass is 396 g/mol. The summed E-state index contributed by atoms with van der Waals surface area (Å²) in [6, 6.07) is 18.1. The first-order valence-corrected chi connectivity index (χ1v) is 10.3. The molecule has 2 aromatic carbocycles. The molecule has 2 aliphatic heterocycles. The molecular weight excluding hydrogens is 380 g/mol. The largest absolute Gasteiger partial charge is 0.464 e. The molecule has 6 heteroatoms. The molecule has 27 heavy (non-hydrogen) atoms. The predicted octanol–water partition coefficient (Wildman–Crippen LogP) is 5.90. The SMILES string of the molecule is CSc1ccc([C@H]2Oc3ccc(Cl)cc3[C@H]3CC(c4ccco4)=NN32)cc1. The van der Waals surface area contributed by atoms with Crippen molar-refractivity contribution in [2.24, 2.45) is 5.10 Å². The van der Waals surface area contributed by atoms with Crippen molar-refractivity contribution in [2.45, 2.75) is 23.6 Å². The van der Waals surface area contributed by atoms with Crippen molar-refractivity contribution < 1.29 is 9.15 Å². The third-order valence-corrected chi connectivity index (χ3v) is 5.94. The molecule has 0 amide bonds. The number of hydrazone groups is 1. The first-order chi connectivity index (χ1) is 13.2. The number of benzene rings is 2. The fourth-order valence-electron chi connectivity index (χ4n) is 3.64. The van der Waals surface area contributed by atoms with E-state index in [2.05, 4.69) is 30.5 Å². The number of hydrogen-bond donors (Lipinski definition) is 0. The third-order valence-electron chi connectivity index (χ3n) is 4.96. The first kappa shape index (κ1) is 16.8. The lowest BCUT2D eigenvalue weighted by Gasteiger charge is -2.38. The number of thioether (sulfide) groups is 1. The van der Waals surface area contributed by atoms with Crippen molar-refractivity contribution in [2.75, 3.05) is 6.26 Å². The standard InChI is InChI=1S/C21H17ClN2O2S/c1-27-15-7-4-13(5-8-15)21-24-18(12-17(23-24)20-3-2-10-25-20)16-11-14(22)6-9-19(16)26-21/h2-11,18,21H,12H2,1H3/t18-,21-/m1/s1. The Balaban J connectivity index is 1.59. The molecule has 3 aromatic rings. The van der Waals surface area contributed by atoms with Gasteiger partial charge in [-0.3, -0.25) is 0 Å². The zero-order valence-electron chi connectivity index (χ0n) is 14.6. The van der Waals surface area contributed by atoms with E-state index in [9.17, 15) is 0 Å². The lowest BCUT2D eigenvalue weighted by atomic mass is 9.97. The fraction of sp³-hybridized carbons (Fsp3) is 0.190. The van der Waals surface area contributed by atoms with Crippen molar-refractivity contribution in [1.82, 2.24) is 5.01 Å². The molecule has 0 saturated heterocycles. The highest BCUT2D eigenvalue weighted by Gasteiger charge is 2.41. The number of ether oxygens (including phenoxy) is 1. The van der Waals surface area contributed by atoms with Crippen LogP contribution in [0.4, 0.5) is 0 Å². The van der Waals surface area contributed by atoms with E-state index in [1.807, 2.05) is 35.3 Å². The highest BCUT2D eigenvalue weighted by Crippen LogP contribution is 2.48. The second kappa shape index (κ2) is 6.66. The summed E-state index contributed by atoms with van der Waals surface area (Å²) in [5.74, 6) is 1.65. The van der Waals surface area contributed by atoms with Gasteiger partial charge in [0.2, 0.25) is 6.23 Å². The number of nitrogens with zero attached hydrogens (tertiary/aromatic N) is 2. The molecule has 0 bridgehead atoms. The van der Waals surface area contributed by atoms with Crippen LogP contribution in [0.5, 0.6) is 5.75 Å². The van der Waals surface area contributed by atoms with E-state index in [1.54, 1.807) is 18.0 Å². The van der Waals surface area contributed by atoms with Crippen LogP contribution in [-0.2, 0) is 0 Å². The summed E-state index contributed by atoms with van der Waals surface area (Å²) < 4.78 is 11.9. The van der Waals surface area contributed by atoms with Gasteiger partial charge < -0.3 is 9.15 Å². The van der Waals surface area contributed by atoms with Gasteiger partial charge in [-0.15, -0.1) is 11.8 Å². The number of hydrogen-bond acceptors (Lipinski definition) is 5. The van der Waals surface area contributed by atoms with Gasteiger partial charge in [0.05, 0.1) is 12.3 Å². The smallest absolute Gasteiger partial charge is 0.213 e. The molecule has 136 valence electrons. The Labute approximate surface area is 166 Å². The summed E-state index contributed by atoms with van der Waals surface area (Å²) in [6.07, 6.45) is 4.22. The zero-order valence-corrected chi connectivity index (χ0v) is 16.2. The van der Waals surface area contributed by atoms with E-state index in [0.717, 1.165) is 34.8 Å². The molecule has 2 atom stereocenters. The number of furan rings is 1. The highest BCUT2D eigenvalue weighted by molar-refractivity contribution is 7.98. The first-order valence-electron chi connectivity index (χ1n) is 8.72. The van der Waals surface area contributed by atoms with Crippen LogP contribution in [-0.4, -0.2) is 17.0 Å². The Morgan fingerprint density at radius 1 is 1.15 bits per heavy atom. The zero-order chi connectivity index (χ0) is 18.4. The molecule has 0 aliphatic carbocycles. The Hall–Kier alpha value is -2.37. The Bertz CT molecular complexity index is 1000. The Kier molecular flexibility index (Phi) is 4.14. The quantitative estimate of drug-likeness (QED) is 0.517. The summed E-state index contributed by atoms with van der Waals surface area (Å²) in [5, 5.41) is 7.60. The topological polar surface area (TPSA) is 38.0 Å². The van der Waals surface area contributed by atoms with Crippen LogP contribution in [0.2, 0.25) is 5.02 Å². The van der Waals surface area contributed by atoms with Gasteiger partial charge in [0.15, 0.2) is 0 Å². The molecule has 2 aliphatic rings. The van der Waals surface area contributed by atoms with E-state index in [0.29, 0.717) is 5.02 Å². The van der Waals surface area contributed by atoms with Crippen molar-refractivity contribution in [3.63, 3.8) is 0 Å². The van der Waals surface area contributed by atoms with Crippen molar-refractivity contribution in [3.05, 3.63) is 82.8 Å². The maximum Gasteiger partial charge on any atom is 0.213 e. The molecule has 0 fully saturated rings. The van der Waals surface area contributed by atoms with Crippen LogP contribution in [0.3, 0.4) is 0 Å². The van der Waals surface area contributed by atoms with E-state index in [1.165, 1.54) is 4.90 Å². The molecule has 5 rings (SSSR count). The lowest BCUT2D eigenvalue weighted by Crippen LogP contribution is -2.33. The molecular formula is C21H17ClN2O2S.